The van der Waals surface area contributed by atoms with Crippen LogP contribution in [0.25, 0.3) is 0 Å². The van der Waals surface area contributed by atoms with Crippen molar-refractivity contribution >= 4 is 11.8 Å². The molecule has 1 aliphatic heterocycles. The van der Waals surface area contributed by atoms with Crippen molar-refractivity contribution in [2.24, 2.45) is 5.73 Å². The fraction of sp³-hybridized carbons (Fsp3) is 1.00. The third-order valence-electron chi connectivity index (χ3n) is 3.71. The summed E-state index contributed by atoms with van der Waals surface area (Å²) in [7, 11) is 0. The Morgan fingerprint density at radius 3 is 2.53 bits per heavy atom. The number of nitrogens with one attached hydrogen (secondary N) is 1. The predicted molar refractivity (Wildman–Crippen MR) is 78.2 cm³/mol. The second-order valence-electron chi connectivity index (χ2n) is 5.23. The number of nitrogens with two attached hydrogens (primary N) is 1. The molecule has 0 radical (unpaired) electrons. The molecule has 1 heterocycles. The largest absolute Gasteiger partial charge is 0.329 e. The lowest BCUT2D eigenvalue weighted by Crippen LogP contribution is -2.57. The fourth-order valence-corrected chi connectivity index (χ4v) is 3.05. The summed E-state index contributed by atoms with van der Waals surface area (Å²) in [5.74, 6) is 1.24. The molecule has 0 aliphatic carbocycles. The first-order valence-electron chi connectivity index (χ1n) is 6.92. The van der Waals surface area contributed by atoms with Crippen LogP contribution in [-0.4, -0.2) is 41.7 Å². The molecule has 102 valence electrons. The van der Waals surface area contributed by atoms with Crippen molar-refractivity contribution in [3.05, 3.63) is 0 Å². The first kappa shape index (κ1) is 15.3. The SMILES string of the molecule is CSCCCC(CN)NN1C(C)CCCC1C. The lowest BCUT2D eigenvalue weighted by atomic mass is 9.99. The smallest absolute Gasteiger partial charge is 0.0338 e. The van der Waals surface area contributed by atoms with Crippen molar-refractivity contribution < 1.29 is 0 Å². The lowest BCUT2D eigenvalue weighted by molar-refractivity contribution is 0.0293. The Labute approximate surface area is 111 Å². The summed E-state index contributed by atoms with van der Waals surface area (Å²) in [6, 6.07) is 1.74. The topological polar surface area (TPSA) is 41.3 Å². The van der Waals surface area contributed by atoms with Crippen LogP contribution in [0.1, 0.15) is 46.0 Å². The summed E-state index contributed by atoms with van der Waals surface area (Å²) in [6.45, 7) is 5.38. The Kier molecular flexibility index (Phi) is 7.51. The van der Waals surface area contributed by atoms with Crippen molar-refractivity contribution in [2.75, 3.05) is 18.6 Å². The fourth-order valence-electron chi connectivity index (χ4n) is 2.60. The van der Waals surface area contributed by atoms with E-state index in [0.717, 1.165) is 6.54 Å². The van der Waals surface area contributed by atoms with Gasteiger partial charge in [0.05, 0.1) is 0 Å². The van der Waals surface area contributed by atoms with Crippen LogP contribution in [0.4, 0.5) is 0 Å². The Bertz CT molecular complexity index is 191. The number of hydrogen-bond donors (Lipinski definition) is 2. The highest BCUT2D eigenvalue weighted by molar-refractivity contribution is 7.98. The van der Waals surface area contributed by atoms with E-state index < -0.39 is 0 Å². The van der Waals surface area contributed by atoms with Crippen LogP contribution in [0.2, 0.25) is 0 Å². The van der Waals surface area contributed by atoms with Gasteiger partial charge in [0.25, 0.3) is 0 Å². The van der Waals surface area contributed by atoms with Gasteiger partial charge in [0.15, 0.2) is 0 Å². The van der Waals surface area contributed by atoms with Gasteiger partial charge in [-0.05, 0) is 51.5 Å². The second-order valence-corrected chi connectivity index (χ2v) is 6.22. The second kappa shape index (κ2) is 8.35. The molecule has 0 saturated carbocycles. The zero-order valence-corrected chi connectivity index (χ0v) is 12.4. The molecule has 3 unspecified atom stereocenters. The van der Waals surface area contributed by atoms with E-state index in [9.17, 15) is 0 Å². The molecule has 0 aromatic rings. The van der Waals surface area contributed by atoms with Gasteiger partial charge < -0.3 is 5.73 Å². The van der Waals surface area contributed by atoms with Crippen molar-refractivity contribution in [1.29, 1.82) is 0 Å². The molecule has 1 aliphatic rings. The van der Waals surface area contributed by atoms with E-state index >= 15 is 0 Å². The van der Waals surface area contributed by atoms with E-state index in [4.69, 9.17) is 5.73 Å². The normalized spacial score (nSPS) is 28.2. The van der Waals surface area contributed by atoms with E-state index in [1.807, 2.05) is 11.8 Å². The summed E-state index contributed by atoms with van der Waals surface area (Å²) in [6.07, 6.45) is 8.58. The maximum Gasteiger partial charge on any atom is 0.0338 e. The molecular weight excluding hydrogens is 230 g/mol. The summed E-state index contributed by atoms with van der Waals surface area (Å²) >= 11 is 1.92. The summed E-state index contributed by atoms with van der Waals surface area (Å²) in [5.41, 5.74) is 9.53. The molecule has 1 fully saturated rings. The number of thioether (sulfide) groups is 1. The monoisotopic (exact) mass is 259 g/mol. The predicted octanol–water partition coefficient (Wildman–Crippen LogP) is 2.22. The summed E-state index contributed by atoms with van der Waals surface area (Å²) < 4.78 is 0. The maximum absolute atomic E-state index is 5.87. The van der Waals surface area contributed by atoms with Crippen LogP contribution in [-0.2, 0) is 0 Å². The Morgan fingerprint density at radius 2 is 2.00 bits per heavy atom. The average Bonchev–Trinajstić information content (AvgIpc) is 2.32. The molecule has 3 N–H and O–H groups in total. The zero-order valence-electron chi connectivity index (χ0n) is 11.6. The minimum atomic E-state index is 0.449. The van der Waals surface area contributed by atoms with E-state index in [1.54, 1.807) is 0 Å². The Balaban J connectivity index is 2.36. The van der Waals surface area contributed by atoms with E-state index in [1.165, 1.54) is 37.9 Å². The first-order valence-corrected chi connectivity index (χ1v) is 8.32. The molecule has 0 bridgehead atoms. The average molecular weight is 259 g/mol. The van der Waals surface area contributed by atoms with Crippen LogP contribution in [0.5, 0.6) is 0 Å². The summed E-state index contributed by atoms with van der Waals surface area (Å²) in [4.78, 5) is 0. The zero-order chi connectivity index (χ0) is 12.7. The van der Waals surface area contributed by atoms with Gasteiger partial charge in [0.2, 0.25) is 0 Å². The van der Waals surface area contributed by atoms with Crippen LogP contribution < -0.4 is 11.2 Å². The third kappa shape index (κ3) is 5.16. The highest BCUT2D eigenvalue weighted by Crippen LogP contribution is 2.20. The molecule has 17 heavy (non-hydrogen) atoms. The quantitative estimate of drug-likeness (QED) is 0.688. The summed E-state index contributed by atoms with van der Waals surface area (Å²) in [5, 5.41) is 2.44. The van der Waals surface area contributed by atoms with Gasteiger partial charge in [-0.25, -0.2) is 5.01 Å². The van der Waals surface area contributed by atoms with Crippen molar-refractivity contribution in [3.63, 3.8) is 0 Å². The van der Waals surface area contributed by atoms with Gasteiger partial charge in [-0.3, -0.25) is 5.43 Å². The van der Waals surface area contributed by atoms with Crippen molar-refractivity contribution in [3.8, 4) is 0 Å². The van der Waals surface area contributed by atoms with Crippen LogP contribution >= 0.6 is 11.8 Å². The molecule has 0 aromatic heterocycles. The molecule has 0 aromatic carbocycles. The standard InChI is InChI=1S/C13H29N3S/c1-11-6-4-7-12(2)16(11)15-13(10-14)8-5-9-17-3/h11-13,15H,4-10,14H2,1-3H3. The minimum absolute atomic E-state index is 0.449. The van der Waals surface area contributed by atoms with Crippen molar-refractivity contribution in [1.82, 2.24) is 10.4 Å². The Hall–Kier alpha value is 0.230. The Morgan fingerprint density at radius 1 is 1.35 bits per heavy atom. The highest BCUT2D eigenvalue weighted by atomic mass is 32.2. The number of hydrazine groups is 1. The minimum Gasteiger partial charge on any atom is -0.329 e. The number of hydrogen-bond acceptors (Lipinski definition) is 4. The molecule has 4 heteroatoms. The molecule has 3 nitrogen and oxygen atoms in total. The van der Waals surface area contributed by atoms with Crippen LogP contribution in [0.15, 0.2) is 0 Å². The van der Waals surface area contributed by atoms with Gasteiger partial charge in [-0.15, -0.1) is 0 Å². The number of nitrogens with zero attached hydrogens (tertiary/aromatic N) is 1. The van der Waals surface area contributed by atoms with Gasteiger partial charge in [0, 0.05) is 24.7 Å². The number of piperidine rings is 1. The maximum atomic E-state index is 5.87. The third-order valence-corrected chi connectivity index (χ3v) is 4.41. The van der Waals surface area contributed by atoms with Crippen molar-refractivity contribution in [2.45, 2.75) is 64.1 Å². The van der Waals surface area contributed by atoms with Crippen LogP contribution in [0, 0.1) is 0 Å². The van der Waals surface area contributed by atoms with E-state index in [-0.39, 0.29) is 0 Å². The molecule has 0 amide bonds. The molecule has 3 atom stereocenters. The van der Waals surface area contributed by atoms with Gasteiger partial charge in [-0.2, -0.15) is 11.8 Å². The number of rotatable bonds is 7. The lowest BCUT2D eigenvalue weighted by Gasteiger charge is -2.41. The van der Waals surface area contributed by atoms with E-state index in [0.29, 0.717) is 18.1 Å². The van der Waals surface area contributed by atoms with Gasteiger partial charge in [-0.1, -0.05) is 6.42 Å². The van der Waals surface area contributed by atoms with Gasteiger partial charge in [0.1, 0.15) is 0 Å². The first-order chi connectivity index (χ1) is 8.19. The molecule has 1 saturated heterocycles. The van der Waals surface area contributed by atoms with Gasteiger partial charge >= 0.3 is 0 Å². The molecule has 0 spiro atoms. The van der Waals surface area contributed by atoms with E-state index in [2.05, 4.69) is 30.5 Å². The van der Waals surface area contributed by atoms with Crippen LogP contribution in [0.3, 0.4) is 0 Å². The highest BCUT2D eigenvalue weighted by Gasteiger charge is 2.26. The molecular formula is C13H29N3S. The molecule has 1 rings (SSSR count).